The Kier molecular flexibility index (Phi) is 3.61. The normalized spacial score (nSPS) is 10.2. The summed E-state index contributed by atoms with van der Waals surface area (Å²) in [6.45, 7) is 0. The number of rotatable bonds is 4. The van der Waals surface area contributed by atoms with Gasteiger partial charge in [0.15, 0.2) is 0 Å². The molecule has 2 heterocycles. The molecule has 1 amide bonds. The fraction of sp³-hybridized carbons (Fsp3) is 0.154. The molecule has 0 radical (unpaired) electrons. The second kappa shape index (κ2) is 5.34. The first-order chi connectivity index (χ1) is 9.09. The van der Waals surface area contributed by atoms with E-state index in [0.717, 1.165) is 0 Å². The quantitative estimate of drug-likeness (QED) is 0.902. The van der Waals surface area contributed by atoms with E-state index in [2.05, 4.69) is 4.98 Å². The molecule has 6 heteroatoms. The molecule has 1 N–H and O–H groups in total. The predicted molar refractivity (Wildman–Crippen MR) is 67.0 cm³/mol. The van der Waals surface area contributed by atoms with E-state index < -0.39 is 5.97 Å². The highest BCUT2D eigenvalue weighted by molar-refractivity contribution is 6.06. The molecule has 0 spiro atoms. The molecule has 2 rings (SSSR count). The minimum absolute atomic E-state index is 0.139. The van der Waals surface area contributed by atoms with Gasteiger partial charge in [0.2, 0.25) is 0 Å². The minimum atomic E-state index is -1.05. The van der Waals surface area contributed by atoms with Crippen LogP contribution < -0.4 is 4.90 Å². The Balaban J connectivity index is 2.25. The van der Waals surface area contributed by atoms with E-state index in [4.69, 9.17) is 9.52 Å². The maximum atomic E-state index is 12.2. The Morgan fingerprint density at radius 1 is 1.37 bits per heavy atom. The van der Waals surface area contributed by atoms with Crippen molar-refractivity contribution in [3.63, 3.8) is 0 Å². The molecule has 0 aliphatic carbocycles. The molecule has 0 bridgehead atoms. The van der Waals surface area contributed by atoms with Crippen molar-refractivity contribution >= 4 is 17.7 Å². The van der Waals surface area contributed by atoms with Crippen LogP contribution in [0.3, 0.4) is 0 Å². The molecule has 0 aliphatic rings. The maximum Gasteiger partial charge on any atom is 0.311 e. The van der Waals surface area contributed by atoms with Gasteiger partial charge in [-0.25, -0.2) is 4.98 Å². The SMILES string of the molecule is CN(C(=O)c1ccoc1CC(=O)O)c1ccccn1. The van der Waals surface area contributed by atoms with Crippen LogP contribution in [0.15, 0.2) is 41.1 Å². The van der Waals surface area contributed by atoms with E-state index in [1.54, 1.807) is 31.4 Å². The third kappa shape index (κ3) is 2.79. The largest absolute Gasteiger partial charge is 0.481 e. The number of carbonyl (C=O) groups is 2. The average molecular weight is 260 g/mol. The number of amides is 1. The first kappa shape index (κ1) is 12.8. The van der Waals surface area contributed by atoms with Crippen LogP contribution in [0.4, 0.5) is 5.82 Å². The van der Waals surface area contributed by atoms with Crippen LogP contribution in [-0.2, 0) is 11.2 Å². The predicted octanol–water partition coefficient (Wildman–Crippen LogP) is 1.58. The zero-order valence-electron chi connectivity index (χ0n) is 10.2. The summed E-state index contributed by atoms with van der Waals surface area (Å²) in [5.41, 5.74) is 0.232. The van der Waals surface area contributed by atoms with Gasteiger partial charge in [-0.2, -0.15) is 0 Å². The summed E-state index contributed by atoms with van der Waals surface area (Å²) < 4.78 is 5.03. The van der Waals surface area contributed by atoms with Gasteiger partial charge in [-0.3, -0.25) is 14.5 Å². The Bertz CT molecular complexity index is 592. The summed E-state index contributed by atoms with van der Waals surface area (Å²) in [6.07, 6.45) is 2.55. The van der Waals surface area contributed by atoms with E-state index in [9.17, 15) is 9.59 Å². The fourth-order valence-electron chi connectivity index (χ4n) is 1.64. The lowest BCUT2D eigenvalue weighted by Gasteiger charge is -2.15. The van der Waals surface area contributed by atoms with Crippen LogP contribution in [0, 0.1) is 0 Å². The molecule has 0 saturated heterocycles. The van der Waals surface area contributed by atoms with Gasteiger partial charge in [0.25, 0.3) is 5.91 Å². The van der Waals surface area contributed by atoms with E-state index in [0.29, 0.717) is 5.82 Å². The molecular formula is C13H12N2O4. The molecular weight excluding hydrogens is 248 g/mol. The van der Waals surface area contributed by atoms with Crippen LogP contribution in [0.2, 0.25) is 0 Å². The number of aromatic nitrogens is 1. The van der Waals surface area contributed by atoms with Crippen LogP contribution >= 0.6 is 0 Å². The molecule has 0 saturated carbocycles. The number of aliphatic carboxylic acids is 1. The summed E-state index contributed by atoms with van der Waals surface area (Å²) in [4.78, 5) is 28.3. The van der Waals surface area contributed by atoms with Crippen molar-refractivity contribution in [2.45, 2.75) is 6.42 Å². The maximum absolute atomic E-state index is 12.2. The fourth-order valence-corrected chi connectivity index (χ4v) is 1.64. The molecule has 0 aliphatic heterocycles. The van der Waals surface area contributed by atoms with Gasteiger partial charge in [0.1, 0.15) is 18.0 Å². The molecule has 0 aromatic carbocycles. The number of nitrogens with zero attached hydrogens (tertiary/aromatic N) is 2. The van der Waals surface area contributed by atoms with Crippen LogP contribution in [0.5, 0.6) is 0 Å². The highest BCUT2D eigenvalue weighted by atomic mass is 16.4. The number of carbonyl (C=O) groups excluding carboxylic acids is 1. The zero-order chi connectivity index (χ0) is 13.8. The molecule has 2 aromatic rings. The first-order valence-corrected chi connectivity index (χ1v) is 5.57. The summed E-state index contributed by atoms with van der Waals surface area (Å²) in [6, 6.07) is 6.66. The lowest BCUT2D eigenvalue weighted by Crippen LogP contribution is -2.27. The number of hydrogen-bond acceptors (Lipinski definition) is 4. The molecule has 19 heavy (non-hydrogen) atoms. The van der Waals surface area contributed by atoms with Crippen LogP contribution in [0.1, 0.15) is 16.1 Å². The van der Waals surface area contributed by atoms with E-state index >= 15 is 0 Å². The van der Waals surface area contributed by atoms with Crippen molar-refractivity contribution in [3.05, 3.63) is 48.0 Å². The van der Waals surface area contributed by atoms with Crippen molar-refractivity contribution in [1.82, 2.24) is 4.98 Å². The average Bonchev–Trinajstić information content (AvgIpc) is 2.85. The van der Waals surface area contributed by atoms with Gasteiger partial charge in [0, 0.05) is 13.2 Å². The second-order valence-electron chi connectivity index (χ2n) is 3.88. The van der Waals surface area contributed by atoms with Crippen molar-refractivity contribution in [3.8, 4) is 0 Å². The van der Waals surface area contributed by atoms with Crippen LogP contribution in [0.25, 0.3) is 0 Å². The zero-order valence-corrected chi connectivity index (χ0v) is 10.2. The number of anilines is 1. The Morgan fingerprint density at radius 3 is 2.79 bits per heavy atom. The smallest absolute Gasteiger partial charge is 0.311 e. The van der Waals surface area contributed by atoms with Gasteiger partial charge < -0.3 is 9.52 Å². The summed E-state index contributed by atoms with van der Waals surface area (Å²) in [7, 11) is 1.57. The minimum Gasteiger partial charge on any atom is -0.481 e. The lowest BCUT2D eigenvalue weighted by molar-refractivity contribution is -0.136. The van der Waals surface area contributed by atoms with Gasteiger partial charge in [-0.05, 0) is 18.2 Å². The van der Waals surface area contributed by atoms with E-state index in [-0.39, 0.29) is 23.7 Å². The van der Waals surface area contributed by atoms with Crippen molar-refractivity contribution in [1.29, 1.82) is 0 Å². The van der Waals surface area contributed by atoms with Gasteiger partial charge in [-0.15, -0.1) is 0 Å². The van der Waals surface area contributed by atoms with Crippen molar-refractivity contribution in [2.24, 2.45) is 0 Å². The first-order valence-electron chi connectivity index (χ1n) is 5.57. The van der Waals surface area contributed by atoms with Crippen molar-refractivity contribution in [2.75, 3.05) is 11.9 Å². The number of carboxylic acid groups (broad SMARTS) is 1. The number of furan rings is 1. The standard InChI is InChI=1S/C13H12N2O4/c1-15(11-4-2-3-6-14-11)13(18)9-5-7-19-10(9)8-12(16)17/h2-7H,8H2,1H3,(H,16,17). The van der Waals surface area contributed by atoms with Gasteiger partial charge >= 0.3 is 5.97 Å². The molecule has 0 unspecified atom stereocenters. The summed E-state index contributed by atoms with van der Waals surface area (Å²) in [5, 5.41) is 8.75. The number of pyridine rings is 1. The van der Waals surface area contributed by atoms with Crippen LogP contribution in [-0.4, -0.2) is 29.0 Å². The highest BCUT2D eigenvalue weighted by Gasteiger charge is 2.21. The Hall–Kier alpha value is -2.63. The van der Waals surface area contributed by atoms with Gasteiger partial charge in [-0.1, -0.05) is 6.07 Å². The number of hydrogen-bond donors (Lipinski definition) is 1. The molecule has 98 valence electrons. The van der Waals surface area contributed by atoms with E-state index in [1.807, 2.05) is 0 Å². The van der Waals surface area contributed by atoms with E-state index in [1.165, 1.54) is 17.2 Å². The molecule has 6 nitrogen and oxygen atoms in total. The lowest BCUT2D eigenvalue weighted by atomic mass is 10.2. The third-order valence-electron chi connectivity index (χ3n) is 2.59. The summed E-state index contributed by atoms with van der Waals surface area (Å²) >= 11 is 0. The molecule has 2 aromatic heterocycles. The van der Waals surface area contributed by atoms with Crippen molar-refractivity contribution < 1.29 is 19.1 Å². The topological polar surface area (TPSA) is 83.6 Å². The molecule has 0 fully saturated rings. The highest BCUT2D eigenvalue weighted by Crippen LogP contribution is 2.17. The summed E-state index contributed by atoms with van der Waals surface area (Å²) in [5.74, 6) is -0.788. The third-order valence-corrected chi connectivity index (χ3v) is 2.59. The number of carboxylic acids is 1. The Morgan fingerprint density at radius 2 is 2.16 bits per heavy atom. The Labute approximate surface area is 109 Å². The second-order valence-corrected chi connectivity index (χ2v) is 3.88. The monoisotopic (exact) mass is 260 g/mol. The van der Waals surface area contributed by atoms with Gasteiger partial charge in [0.05, 0.1) is 11.8 Å². The molecule has 0 atom stereocenters.